The van der Waals surface area contributed by atoms with Crippen LogP contribution in [0.25, 0.3) is 34.2 Å². The van der Waals surface area contributed by atoms with Crippen molar-refractivity contribution in [3.63, 3.8) is 0 Å². The minimum Gasteiger partial charge on any atom is -0.507 e. The summed E-state index contributed by atoms with van der Waals surface area (Å²) in [5.74, 6) is 0.796. The molecule has 14 heteroatoms. The molecule has 0 fully saturated rings. The molecule has 0 atom stereocenters. The SMILES string of the molecule is CCOC(=O)c1cnn(-c2cccc(-c3cc(C)cc(C)c3O)n2)c1OCC.CCOC(=O)c1cnn(-c2cccc(-c3ccccc3O)n2)c1OCC. The zero-order valence-corrected chi connectivity index (χ0v) is 30.9. The highest BCUT2D eigenvalue weighted by molar-refractivity contribution is 5.92. The van der Waals surface area contributed by atoms with Gasteiger partial charge in [0.2, 0.25) is 11.8 Å². The van der Waals surface area contributed by atoms with Crippen LogP contribution in [0.5, 0.6) is 23.3 Å². The van der Waals surface area contributed by atoms with Crippen LogP contribution in [-0.4, -0.2) is 78.1 Å². The van der Waals surface area contributed by atoms with E-state index in [-0.39, 0.29) is 47.6 Å². The highest BCUT2D eigenvalue weighted by Crippen LogP contribution is 2.33. The first-order valence-corrected chi connectivity index (χ1v) is 17.4. The van der Waals surface area contributed by atoms with E-state index >= 15 is 0 Å². The molecule has 0 aliphatic heterocycles. The number of carbonyl (C=O) groups is 2. The number of hydrogen-bond donors (Lipinski definition) is 2. The molecule has 0 saturated carbocycles. The Balaban J connectivity index is 0.000000208. The number of rotatable bonds is 12. The monoisotopic (exact) mass is 734 g/mol. The zero-order valence-electron chi connectivity index (χ0n) is 30.9. The Hall–Kier alpha value is -6.70. The lowest BCUT2D eigenvalue weighted by Gasteiger charge is -2.12. The van der Waals surface area contributed by atoms with Crippen molar-refractivity contribution in [3.05, 3.63) is 107 Å². The Morgan fingerprint density at radius 1 is 0.630 bits per heavy atom. The lowest BCUT2D eigenvalue weighted by molar-refractivity contribution is 0.0511. The van der Waals surface area contributed by atoms with Gasteiger partial charge >= 0.3 is 11.9 Å². The Bertz CT molecular complexity index is 2250. The number of aryl methyl sites for hydroxylation is 2. The molecule has 54 heavy (non-hydrogen) atoms. The Morgan fingerprint density at radius 3 is 1.61 bits per heavy atom. The normalized spacial score (nSPS) is 10.6. The number of phenolic OH excluding ortho intramolecular Hbond substituents is 2. The summed E-state index contributed by atoms with van der Waals surface area (Å²) in [6.45, 7) is 12.2. The van der Waals surface area contributed by atoms with Gasteiger partial charge in [0.15, 0.2) is 11.6 Å². The molecule has 6 aromatic rings. The number of phenols is 2. The zero-order chi connectivity index (χ0) is 38.8. The average molecular weight is 735 g/mol. The minimum absolute atomic E-state index is 0.134. The summed E-state index contributed by atoms with van der Waals surface area (Å²) >= 11 is 0. The molecule has 2 aromatic carbocycles. The van der Waals surface area contributed by atoms with Crippen LogP contribution in [0.4, 0.5) is 0 Å². The number of aromatic nitrogens is 6. The second kappa shape index (κ2) is 17.7. The van der Waals surface area contributed by atoms with Gasteiger partial charge < -0.3 is 29.2 Å². The Morgan fingerprint density at radius 2 is 1.13 bits per heavy atom. The summed E-state index contributed by atoms with van der Waals surface area (Å²) in [6, 6.07) is 21.4. The maximum absolute atomic E-state index is 12.2. The second-order valence-corrected chi connectivity index (χ2v) is 11.6. The molecule has 2 N–H and O–H groups in total. The Labute approximate surface area is 312 Å². The standard InChI is InChI=1S/C21H23N3O4.C19H19N3O4/c1-5-27-20-16(21(26)28-6-2)12-22-24(20)18-9-7-8-17(23-18)15-11-13(3)10-14(4)19(15)25;1-3-25-18-14(19(24)26-4-2)12-20-22(18)17-11-7-9-15(21-17)13-8-5-6-10-16(13)23/h7-12,25H,5-6H2,1-4H3;5-12,23H,3-4H2,1-2H3. The first kappa shape index (κ1) is 38.5. The smallest absolute Gasteiger partial charge is 0.345 e. The summed E-state index contributed by atoms with van der Waals surface area (Å²) in [5, 5.41) is 29.0. The predicted octanol–water partition coefficient (Wildman–Crippen LogP) is 7.05. The summed E-state index contributed by atoms with van der Waals surface area (Å²) in [6.07, 6.45) is 2.81. The van der Waals surface area contributed by atoms with Gasteiger partial charge in [0.1, 0.15) is 22.6 Å². The number of benzene rings is 2. The third kappa shape index (κ3) is 8.49. The van der Waals surface area contributed by atoms with E-state index < -0.39 is 11.9 Å². The summed E-state index contributed by atoms with van der Waals surface area (Å²) < 4.78 is 24.3. The highest BCUT2D eigenvalue weighted by Gasteiger charge is 2.23. The number of nitrogens with zero attached hydrogens (tertiary/aromatic N) is 6. The van der Waals surface area contributed by atoms with Gasteiger partial charge in [-0.05, 0) is 95.1 Å². The molecule has 4 aromatic heterocycles. The molecule has 6 rings (SSSR count). The first-order chi connectivity index (χ1) is 26.1. The fourth-order valence-electron chi connectivity index (χ4n) is 5.48. The summed E-state index contributed by atoms with van der Waals surface area (Å²) in [7, 11) is 0. The van der Waals surface area contributed by atoms with Crippen molar-refractivity contribution in [3.8, 4) is 57.4 Å². The number of hydrogen-bond acceptors (Lipinski definition) is 12. The van der Waals surface area contributed by atoms with E-state index in [1.165, 1.54) is 21.8 Å². The van der Waals surface area contributed by atoms with Gasteiger partial charge in [0.05, 0.1) is 50.2 Å². The fourth-order valence-corrected chi connectivity index (χ4v) is 5.48. The Kier molecular flexibility index (Phi) is 12.6. The van der Waals surface area contributed by atoms with Crippen LogP contribution in [0.1, 0.15) is 59.5 Å². The van der Waals surface area contributed by atoms with E-state index in [1.54, 1.807) is 56.3 Å². The van der Waals surface area contributed by atoms with Crippen LogP contribution in [0.3, 0.4) is 0 Å². The summed E-state index contributed by atoms with van der Waals surface area (Å²) in [4.78, 5) is 33.5. The average Bonchev–Trinajstić information content (AvgIpc) is 3.79. The fraction of sp³-hybridized carbons (Fsp3) is 0.250. The molecular formula is C40H42N6O8. The number of esters is 2. The van der Waals surface area contributed by atoms with E-state index in [0.717, 1.165) is 11.1 Å². The molecular weight excluding hydrogens is 692 g/mol. The molecule has 14 nitrogen and oxygen atoms in total. The van der Waals surface area contributed by atoms with E-state index in [9.17, 15) is 19.8 Å². The molecule has 0 spiro atoms. The largest absolute Gasteiger partial charge is 0.507 e. The predicted molar refractivity (Wildman–Crippen MR) is 201 cm³/mol. The molecule has 0 radical (unpaired) electrons. The van der Waals surface area contributed by atoms with Crippen molar-refractivity contribution in [1.82, 2.24) is 29.5 Å². The number of ether oxygens (including phenoxy) is 4. The molecule has 4 heterocycles. The van der Waals surface area contributed by atoms with Gasteiger partial charge in [-0.15, -0.1) is 0 Å². The van der Waals surface area contributed by atoms with Crippen molar-refractivity contribution in [2.45, 2.75) is 41.5 Å². The van der Waals surface area contributed by atoms with Crippen molar-refractivity contribution in [1.29, 1.82) is 0 Å². The molecule has 0 bridgehead atoms. The van der Waals surface area contributed by atoms with Gasteiger partial charge in [-0.1, -0.05) is 30.3 Å². The van der Waals surface area contributed by atoms with Crippen LogP contribution in [-0.2, 0) is 9.47 Å². The number of carbonyl (C=O) groups excluding carboxylic acids is 2. The van der Waals surface area contributed by atoms with E-state index in [2.05, 4.69) is 20.2 Å². The van der Waals surface area contributed by atoms with Crippen LogP contribution in [0, 0.1) is 13.8 Å². The van der Waals surface area contributed by atoms with Crippen molar-refractivity contribution in [2.24, 2.45) is 0 Å². The first-order valence-electron chi connectivity index (χ1n) is 17.4. The van der Waals surface area contributed by atoms with Gasteiger partial charge in [0, 0.05) is 11.1 Å². The number of para-hydroxylation sites is 1. The van der Waals surface area contributed by atoms with Crippen molar-refractivity contribution < 1.29 is 38.7 Å². The molecule has 0 aliphatic carbocycles. The van der Waals surface area contributed by atoms with Gasteiger partial charge in [-0.3, -0.25) is 0 Å². The van der Waals surface area contributed by atoms with Gasteiger partial charge in [0.25, 0.3) is 0 Å². The molecule has 0 unspecified atom stereocenters. The number of pyridine rings is 2. The van der Waals surface area contributed by atoms with E-state index in [0.29, 0.717) is 47.4 Å². The third-order valence-electron chi connectivity index (χ3n) is 7.81. The van der Waals surface area contributed by atoms with E-state index in [1.807, 2.05) is 58.0 Å². The summed E-state index contributed by atoms with van der Waals surface area (Å²) in [5.41, 5.74) is 4.69. The third-order valence-corrected chi connectivity index (χ3v) is 7.81. The van der Waals surface area contributed by atoms with Gasteiger partial charge in [-0.25, -0.2) is 19.6 Å². The topological polar surface area (TPSA) is 173 Å². The van der Waals surface area contributed by atoms with Gasteiger partial charge in [-0.2, -0.15) is 19.6 Å². The van der Waals surface area contributed by atoms with Crippen molar-refractivity contribution >= 4 is 11.9 Å². The molecule has 0 aliphatic rings. The van der Waals surface area contributed by atoms with Crippen molar-refractivity contribution in [2.75, 3.05) is 26.4 Å². The molecule has 0 amide bonds. The minimum atomic E-state index is -0.501. The van der Waals surface area contributed by atoms with Crippen LogP contribution in [0.2, 0.25) is 0 Å². The second-order valence-electron chi connectivity index (χ2n) is 11.6. The maximum atomic E-state index is 12.2. The number of aromatic hydroxyl groups is 2. The highest BCUT2D eigenvalue weighted by atomic mass is 16.5. The molecule has 0 saturated heterocycles. The van der Waals surface area contributed by atoms with E-state index in [4.69, 9.17) is 18.9 Å². The quantitative estimate of drug-likeness (QED) is 0.123. The maximum Gasteiger partial charge on any atom is 0.345 e. The van der Waals surface area contributed by atoms with Crippen LogP contribution in [0.15, 0.2) is 85.2 Å². The van der Waals surface area contributed by atoms with Crippen LogP contribution < -0.4 is 9.47 Å². The molecule has 280 valence electrons. The lowest BCUT2D eigenvalue weighted by atomic mass is 10.0. The van der Waals surface area contributed by atoms with Crippen LogP contribution >= 0.6 is 0 Å². The lowest BCUT2D eigenvalue weighted by Crippen LogP contribution is -2.09.